The molecular formula is C12H25NS. The predicted molar refractivity (Wildman–Crippen MR) is 67.1 cm³/mol. The van der Waals surface area contributed by atoms with E-state index in [0.29, 0.717) is 5.41 Å². The lowest BCUT2D eigenvalue weighted by atomic mass is 9.84. The van der Waals surface area contributed by atoms with Gasteiger partial charge in [-0.2, -0.15) is 12.6 Å². The summed E-state index contributed by atoms with van der Waals surface area (Å²) in [5, 5.41) is 0. The Kier molecular flexibility index (Phi) is 4.78. The third-order valence-corrected chi connectivity index (χ3v) is 4.12. The summed E-state index contributed by atoms with van der Waals surface area (Å²) in [6, 6.07) is 0. The highest BCUT2D eigenvalue weighted by atomic mass is 32.1. The third-order valence-electron chi connectivity index (χ3n) is 3.27. The molecule has 1 fully saturated rings. The van der Waals surface area contributed by atoms with Crippen LogP contribution >= 0.6 is 12.6 Å². The monoisotopic (exact) mass is 215 g/mol. The van der Waals surface area contributed by atoms with Gasteiger partial charge in [0.1, 0.15) is 0 Å². The lowest BCUT2D eigenvalue weighted by Crippen LogP contribution is -2.39. The van der Waals surface area contributed by atoms with E-state index in [1.165, 1.54) is 38.9 Å². The van der Waals surface area contributed by atoms with Crippen LogP contribution < -0.4 is 0 Å². The maximum Gasteiger partial charge on any atom is 0.00405 e. The van der Waals surface area contributed by atoms with Gasteiger partial charge in [-0.25, -0.2) is 0 Å². The van der Waals surface area contributed by atoms with E-state index in [1.54, 1.807) is 0 Å². The van der Waals surface area contributed by atoms with Gasteiger partial charge in [-0.05, 0) is 36.5 Å². The Hall–Kier alpha value is 0.310. The standard InChI is InChI=1S/C12H25NS/c1-4-13(8-11-6-5-7-11)9-12(2,3)10-14/h11,14H,4-10H2,1-3H3. The summed E-state index contributed by atoms with van der Waals surface area (Å²) in [5.74, 6) is 1.97. The molecule has 1 aliphatic rings. The number of nitrogens with zero attached hydrogens (tertiary/aromatic N) is 1. The van der Waals surface area contributed by atoms with E-state index in [9.17, 15) is 0 Å². The summed E-state index contributed by atoms with van der Waals surface area (Å²) in [6.45, 7) is 10.6. The molecule has 1 aliphatic carbocycles. The molecule has 0 amide bonds. The van der Waals surface area contributed by atoms with Crippen LogP contribution in [0.3, 0.4) is 0 Å². The van der Waals surface area contributed by atoms with Crippen LogP contribution in [-0.2, 0) is 0 Å². The van der Waals surface area contributed by atoms with Crippen molar-refractivity contribution in [2.24, 2.45) is 11.3 Å². The second-order valence-corrected chi connectivity index (χ2v) is 5.76. The molecule has 0 saturated heterocycles. The van der Waals surface area contributed by atoms with Gasteiger partial charge in [0.2, 0.25) is 0 Å². The zero-order valence-corrected chi connectivity index (χ0v) is 10.8. The minimum Gasteiger partial charge on any atom is -0.303 e. The lowest BCUT2D eigenvalue weighted by Gasteiger charge is -2.36. The van der Waals surface area contributed by atoms with Crippen molar-refractivity contribution in [3.63, 3.8) is 0 Å². The molecule has 0 aromatic carbocycles. The highest BCUT2D eigenvalue weighted by molar-refractivity contribution is 7.80. The molecule has 0 atom stereocenters. The molecule has 0 unspecified atom stereocenters. The van der Waals surface area contributed by atoms with Crippen LogP contribution in [-0.4, -0.2) is 30.3 Å². The fourth-order valence-electron chi connectivity index (χ4n) is 2.00. The topological polar surface area (TPSA) is 3.24 Å². The molecule has 0 aromatic rings. The number of hydrogen-bond donors (Lipinski definition) is 1. The van der Waals surface area contributed by atoms with Crippen molar-refractivity contribution in [2.75, 3.05) is 25.4 Å². The average molecular weight is 215 g/mol. The van der Waals surface area contributed by atoms with Crippen molar-refractivity contribution in [2.45, 2.75) is 40.0 Å². The van der Waals surface area contributed by atoms with Crippen LogP contribution in [0.5, 0.6) is 0 Å². The lowest BCUT2D eigenvalue weighted by molar-refractivity contribution is 0.143. The summed E-state index contributed by atoms with van der Waals surface area (Å²) in [5.41, 5.74) is 0.364. The number of thiol groups is 1. The van der Waals surface area contributed by atoms with Crippen LogP contribution in [0.4, 0.5) is 0 Å². The second-order valence-electron chi connectivity index (χ2n) is 5.45. The first-order valence-corrected chi connectivity index (χ1v) is 6.54. The first kappa shape index (κ1) is 12.4. The average Bonchev–Trinajstić information content (AvgIpc) is 2.09. The Morgan fingerprint density at radius 3 is 2.36 bits per heavy atom. The molecule has 2 heteroatoms. The first-order valence-electron chi connectivity index (χ1n) is 5.90. The van der Waals surface area contributed by atoms with E-state index < -0.39 is 0 Å². The van der Waals surface area contributed by atoms with Gasteiger partial charge in [0.15, 0.2) is 0 Å². The predicted octanol–water partition coefficient (Wildman–Crippen LogP) is 3.06. The summed E-state index contributed by atoms with van der Waals surface area (Å²) in [4.78, 5) is 2.60. The zero-order chi connectivity index (χ0) is 10.6. The highest BCUT2D eigenvalue weighted by Crippen LogP contribution is 2.28. The van der Waals surface area contributed by atoms with Gasteiger partial charge >= 0.3 is 0 Å². The minimum atomic E-state index is 0.364. The van der Waals surface area contributed by atoms with Crippen LogP contribution in [0.15, 0.2) is 0 Å². The SMILES string of the molecule is CCN(CC1CCC1)CC(C)(C)CS. The van der Waals surface area contributed by atoms with E-state index in [4.69, 9.17) is 0 Å². The van der Waals surface area contributed by atoms with Crippen LogP contribution in [0.25, 0.3) is 0 Å². The van der Waals surface area contributed by atoms with Crippen molar-refractivity contribution >= 4 is 12.6 Å². The Labute approximate surface area is 94.7 Å². The van der Waals surface area contributed by atoms with Gasteiger partial charge in [0.25, 0.3) is 0 Å². The smallest absolute Gasteiger partial charge is 0.00405 e. The van der Waals surface area contributed by atoms with Crippen molar-refractivity contribution in [3.8, 4) is 0 Å². The number of rotatable bonds is 6. The van der Waals surface area contributed by atoms with E-state index in [-0.39, 0.29) is 0 Å². The van der Waals surface area contributed by atoms with Gasteiger partial charge in [-0.3, -0.25) is 0 Å². The first-order chi connectivity index (χ1) is 6.57. The zero-order valence-electron chi connectivity index (χ0n) is 9.92. The summed E-state index contributed by atoms with van der Waals surface area (Å²) >= 11 is 4.42. The Morgan fingerprint density at radius 1 is 1.36 bits per heavy atom. The van der Waals surface area contributed by atoms with Gasteiger partial charge in [0.05, 0.1) is 0 Å². The van der Waals surface area contributed by atoms with Crippen molar-refractivity contribution in [1.82, 2.24) is 4.90 Å². The second kappa shape index (κ2) is 5.41. The molecule has 0 aromatic heterocycles. The molecule has 0 spiro atoms. The van der Waals surface area contributed by atoms with Gasteiger partial charge in [-0.1, -0.05) is 27.2 Å². The van der Waals surface area contributed by atoms with Gasteiger partial charge < -0.3 is 4.90 Å². The van der Waals surface area contributed by atoms with E-state index in [1.807, 2.05) is 0 Å². The molecule has 1 saturated carbocycles. The Morgan fingerprint density at radius 2 is 2.00 bits per heavy atom. The Balaban J connectivity index is 2.29. The van der Waals surface area contributed by atoms with E-state index >= 15 is 0 Å². The van der Waals surface area contributed by atoms with Crippen LogP contribution in [0.1, 0.15) is 40.0 Å². The molecular weight excluding hydrogens is 190 g/mol. The molecule has 0 aliphatic heterocycles. The van der Waals surface area contributed by atoms with Gasteiger partial charge in [0, 0.05) is 13.1 Å². The largest absolute Gasteiger partial charge is 0.303 e. The van der Waals surface area contributed by atoms with Crippen LogP contribution in [0.2, 0.25) is 0 Å². The fourth-order valence-corrected chi connectivity index (χ4v) is 2.10. The van der Waals surface area contributed by atoms with Crippen molar-refractivity contribution in [3.05, 3.63) is 0 Å². The van der Waals surface area contributed by atoms with E-state index in [0.717, 1.165) is 11.7 Å². The fraction of sp³-hybridized carbons (Fsp3) is 1.00. The molecule has 1 nitrogen and oxygen atoms in total. The van der Waals surface area contributed by atoms with Crippen molar-refractivity contribution < 1.29 is 0 Å². The molecule has 14 heavy (non-hydrogen) atoms. The minimum absolute atomic E-state index is 0.364. The number of hydrogen-bond acceptors (Lipinski definition) is 2. The quantitative estimate of drug-likeness (QED) is 0.667. The Bertz CT molecular complexity index is 164. The van der Waals surface area contributed by atoms with Crippen LogP contribution in [0, 0.1) is 11.3 Å². The maximum absolute atomic E-state index is 4.42. The maximum atomic E-state index is 4.42. The molecule has 1 rings (SSSR count). The van der Waals surface area contributed by atoms with Gasteiger partial charge in [-0.15, -0.1) is 0 Å². The van der Waals surface area contributed by atoms with E-state index in [2.05, 4.69) is 38.3 Å². The molecule has 0 bridgehead atoms. The molecule has 0 heterocycles. The molecule has 0 radical (unpaired) electrons. The molecule has 84 valence electrons. The molecule has 0 N–H and O–H groups in total. The normalized spacial score (nSPS) is 18.6. The highest BCUT2D eigenvalue weighted by Gasteiger charge is 2.24. The summed E-state index contributed by atoms with van der Waals surface area (Å²) in [7, 11) is 0. The summed E-state index contributed by atoms with van der Waals surface area (Å²) in [6.07, 6.45) is 4.37. The third kappa shape index (κ3) is 3.82. The summed E-state index contributed by atoms with van der Waals surface area (Å²) < 4.78 is 0. The van der Waals surface area contributed by atoms with Crippen molar-refractivity contribution in [1.29, 1.82) is 0 Å².